The second-order valence-electron chi connectivity index (χ2n) is 2.25. The highest BCUT2D eigenvalue weighted by atomic mass is 19.1. The Morgan fingerprint density at radius 2 is 2.31 bits per heavy atom. The molecule has 1 N–H and O–H groups in total. The molecular formula is C8H9BFO3. The summed E-state index contributed by atoms with van der Waals surface area (Å²) < 4.78 is 22.5. The summed E-state index contributed by atoms with van der Waals surface area (Å²) in [6.45, 7) is 2.29. The van der Waals surface area contributed by atoms with Crippen molar-refractivity contribution in [2.45, 2.75) is 6.92 Å². The van der Waals surface area contributed by atoms with Crippen molar-refractivity contribution >= 4 is 7.69 Å². The third kappa shape index (κ3) is 2.63. The molecule has 0 unspecified atom stereocenters. The van der Waals surface area contributed by atoms with E-state index in [4.69, 9.17) is 9.76 Å². The third-order valence-electron chi connectivity index (χ3n) is 1.39. The number of rotatable bonds is 4. The standard InChI is InChI=1S/C8H9BFO3/c1-2-12-6-3-4-8(13-9-11)7(10)5-6/h3-5,11H,2H2,1H3. The predicted molar refractivity (Wildman–Crippen MR) is 46.2 cm³/mol. The van der Waals surface area contributed by atoms with Gasteiger partial charge in [0.05, 0.1) is 6.61 Å². The maximum Gasteiger partial charge on any atom is 0.569 e. The topological polar surface area (TPSA) is 38.7 Å². The lowest BCUT2D eigenvalue weighted by Gasteiger charge is -2.06. The molecule has 0 atom stereocenters. The van der Waals surface area contributed by atoms with Gasteiger partial charge in [0, 0.05) is 6.07 Å². The molecule has 0 fully saturated rings. The molecule has 1 aromatic carbocycles. The second kappa shape index (κ2) is 4.72. The molecule has 0 saturated heterocycles. The molecule has 3 nitrogen and oxygen atoms in total. The first-order valence-electron chi connectivity index (χ1n) is 3.82. The van der Waals surface area contributed by atoms with Crippen LogP contribution in [0, 0.1) is 5.82 Å². The van der Waals surface area contributed by atoms with E-state index in [1.807, 2.05) is 6.92 Å². The third-order valence-corrected chi connectivity index (χ3v) is 1.39. The average molecular weight is 183 g/mol. The summed E-state index contributed by atoms with van der Waals surface area (Å²) in [4.78, 5) is 0. The van der Waals surface area contributed by atoms with E-state index in [1.165, 1.54) is 12.1 Å². The Labute approximate surface area is 76.4 Å². The Bertz CT molecular complexity index is 280. The molecule has 0 aromatic heterocycles. The molecule has 69 valence electrons. The fraction of sp³-hybridized carbons (Fsp3) is 0.250. The van der Waals surface area contributed by atoms with Gasteiger partial charge in [-0.3, -0.25) is 0 Å². The fourth-order valence-corrected chi connectivity index (χ4v) is 0.890. The smallest absolute Gasteiger partial charge is 0.535 e. The van der Waals surface area contributed by atoms with Crippen LogP contribution in [0.4, 0.5) is 4.39 Å². The molecular weight excluding hydrogens is 174 g/mol. The van der Waals surface area contributed by atoms with E-state index in [0.717, 1.165) is 0 Å². The van der Waals surface area contributed by atoms with E-state index in [1.54, 1.807) is 6.07 Å². The van der Waals surface area contributed by atoms with Gasteiger partial charge in [-0.25, -0.2) is 4.39 Å². The lowest BCUT2D eigenvalue weighted by Crippen LogP contribution is -2.02. The molecule has 1 rings (SSSR count). The quantitative estimate of drug-likeness (QED) is 0.711. The Hall–Kier alpha value is -1.23. The van der Waals surface area contributed by atoms with Crippen molar-refractivity contribution in [3.05, 3.63) is 24.0 Å². The molecule has 5 heteroatoms. The van der Waals surface area contributed by atoms with Gasteiger partial charge in [-0.1, -0.05) is 0 Å². The van der Waals surface area contributed by atoms with Crippen LogP contribution in [0.25, 0.3) is 0 Å². The maximum atomic E-state index is 13.0. The minimum absolute atomic E-state index is 0.0362. The van der Waals surface area contributed by atoms with Gasteiger partial charge in [0.1, 0.15) is 11.5 Å². The molecule has 0 aliphatic rings. The highest BCUT2D eigenvalue weighted by Crippen LogP contribution is 2.22. The summed E-state index contributed by atoms with van der Waals surface area (Å²) in [5.41, 5.74) is 0. The van der Waals surface area contributed by atoms with E-state index in [9.17, 15) is 4.39 Å². The Morgan fingerprint density at radius 3 is 2.85 bits per heavy atom. The molecule has 1 aromatic rings. The average Bonchev–Trinajstić information content (AvgIpc) is 2.10. The van der Waals surface area contributed by atoms with Gasteiger partial charge < -0.3 is 14.4 Å². The highest BCUT2D eigenvalue weighted by molar-refractivity contribution is 6.17. The summed E-state index contributed by atoms with van der Waals surface area (Å²) >= 11 is 0. The minimum Gasteiger partial charge on any atom is -0.535 e. The lowest BCUT2D eigenvalue weighted by molar-refractivity contribution is 0.336. The molecule has 0 spiro atoms. The van der Waals surface area contributed by atoms with Crippen molar-refractivity contribution in [2.75, 3.05) is 6.61 Å². The largest absolute Gasteiger partial charge is 0.569 e. The van der Waals surface area contributed by atoms with Gasteiger partial charge in [0.15, 0.2) is 5.82 Å². The second-order valence-corrected chi connectivity index (χ2v) is 2.25. The number of hydrogen-bond acceptors (Lipinski definition) is 3. The number of benzene rings is 1. The fourth-order valence-electron chi connectivity index (χ4n) is 0.890. The summed E-state index contributed by atoms with van der Waals surface area (Å²) in [7, 11) is 0.429. The Kier molecular flexibility index (Phi) is 3.58. The monoisotopic (exact) mass is 183 g/mol. The van der Waals surface area contributed by atoms with E-state index in [2.05, 4.69) is 4.65 Å². The SMILES string of the molecule is CCOc1ccc(O[B]O)c(F)c1. The first kappa shape index (κ1) is 9.86. The van der Waals surface area contributed by atoms with E-state index in [-0.39, 0.29) is 5.75 Å². The van der Waals surface area contributed by atoms with Crippen molar-refractivity contribution in [3.8, 4) is 11.5 Å². The van der Waals surface area contributed by atoms with E-state index < -0.39 is 5.82 Å². The highest BCUT2D eigenvalue weighted by Gasteiger charge is 2.04. The van der Waals surface area contributed by atoms with Crippen molar-refractivity contribution in [1.29, 1.82) is 0 Å². The molecule has 0 saturated carbocycles. The van der Waals surface area contributed by atoms with Gasteiger partial charge >= 0.3 is 7.69 Å². The molecule has 0 amide bonds. The Morgan fingerprint density at radius 1 is 1.54 bits per heavy atom. The van der Waals surface area contributed by atoms with Crippen LogP contribution >= 0.6 is 0 Å². The molecule has 0 aliphatic carbocycles. The first-order valence-corrected chi connectivity index (χ1v) is 3.82. The van der Waals surface area contributed by atoms with Gasteiger partial charge in [-0.05, 0) is 19.1 Å². The summed E-state index contributed by atoms with van der Waals surface area (Å²) in [6, 6.07) is 4.14. The van der Waals surface area contributed by atoms with Crippen LogP contribution in [0.2, 0.25) is 0 Å². The van der Waals surface area contributed by atoms with Gasteiger partial charge in [-0.2, -0.15) is 0 Å². The zero-order valence-corrected chi connectivity index (χ0v) is 7.16. The van der Waals surface area contributed by atoms with Crippen LogP contribution in [-0.2, 0) is 0 Å². The molecule has 0 heterocycles. The lowest BCUT2D eigenvalue weighted by atomic mass is 10.3. The molecule has 1 radical (unpaired) electrons. The van der Waals surface area contributed by atoms with Crippen LogP contribution in [0.5, 0.6) is 11.5 Å². The van der Waals surface area contributed by atoms with Crippen molar-refractivity contribution in [1.82, 2.24) is 0 Å². The van der Waals surface area contributed by atoms with Gasteiger partial charge in [0.25, 0.3) is 0 Å². The van der Waals surface area contributed by atoms with Crippen LogP contribution < -0.4 is 9.39 Å². The van der Waals surface area contributed by atoms with E-state index in [0.29, 0.717) is 20.0 Å². The molecule has 0 aliphatic heterocycles. The summed E-state index contributed by atoms with van der Waals surface area (Å²) in [5, 5.41) is 8.27. The van der Waals surface area contributed by atoms with Gasteiger partial charge in [-0.15, -0.1) is 0 Å². The van der Waals surface area contributed by atoms with Crippen molar-refractivity contribution in [2.24, 2.45) is 0 Å². The maximum absolute atomic E-state index is 13.0. The predicted octanol–water partition coefficient (Wildman–Crippen LogP) is 1.13. The Balaban J connectivity index is 2.79. The number of halogens is 1. The van der Waals surface area contributed by atoms with Crippen molar-refractivity contribution < 1.29 is 18.8 Å². The number of ether oxygens (including phenoxy) is 1. The molecule has 13 heavy (non-hydrogen) atoms. The van der Waals surface area contributed by atoms with Gasteiger partial charge in [0.2, 0.25) is 0 Å². The summed E-state index contributed by atoms with van der Waals surface area (Å²) in [5.74, 6) is -0.174. The van der Waals surface area contributed by atoms with Crippen LogP contribution in [0.15, 0.2) is 18.2 Å². The first-order chi connectivity index (χ1) is 6.27. The number of hydrogen-bond donors (Lipinski definition) is 1. The molecule has 0 bridgehead atoms. The van der Waals surface area contributed by atoms with E-state index >= 15 is 0 Å². The van der Waals surface area contributed by atoms with Crippen molar-refractivity contribution in [3.63, 3.8) is 0 Å². The van der Waals surface area contributed by atoms with Crippen LogP contribution in [0.1, 0.15) is 6.92 Å². The zero-order chi connectivity index (χ0) is 9.68. The summed E-state index contributed by atoms with van der Waals surface area (Å²) in [6.07, 6.45) is 0. The van der Waals surface area contributed by atoms with Crippen LogP contribution in [-0.4, -0.2) is 19.3 Å². The zero-order valence-electron chi connectivity index (χ0n) is 7.16. The minimum atomic E-state index is -0.573. The van der Waals surface area contributed by atoms with Crippen LogP contribution in [0.3, 0.4) is 0 Å². The normalized spacial score (nSPS) is 9.46.